The van der Waals surface area contributed by atoms with E-state index >= 15 is 0 Å². The summed E-state index contributed by atoms with van der Waals surface area (Å²) in [5.41, 5.74) is 1.14. The molecular formula is C14H26N2OS. The average Bonchev–Trinajstić information content (AvgIpc) is 2.71. The van der Waals surface area contributed by atoms with Gasteiger partial charge in [0.1, 0.15) is 0 Å². The van der Waals surface area contributed by atoms with Gasteiger partial charge in [-0.25, -0.2) is 4.98 Å². The zero-order valence-corrected chi connectivity index (χ0v) is 13.0. The lowest BCUT2D eigenvalue weighted by atomic mass is 10.1. The summed E-state index contributed by atoms with van der Waals surface area (Å²) in [5.74, 6) is 0.495. The first kappa shape index (κ1) is 15.6. The Bertz CT molecular complexity index is 363. The molecule has 104 valence electrons. The molecule has 2 N–H and O–H groups in total. The van der Waals surface area contributed by atoms with Gasteiger partial charge in [-0.05, 0) is 26.7 Å². The lowest BCUT2D eigenvalue weighted by Gasteiger charge is -2.21. The standard InChI is InChI=1S/C14H26N2OS/c1-6-12(7-8-17)15-10(4)13-11(5)16-14(18-13)9(2)3/h9-10,12,15,17H,6-8H2,1-5H3. The van der Waals surface area contributed by atoms with Crippen molar-refractivity contribution in [3.8, 4) is 0 Å². The zero-order valence-electron chi connectivity index (χ0n) is 12.2. The average molecular weight is 270 g/mol. The highest BCUT2D eigenvalue weighted by Gasteiger charge is 2.18. The summed E-state index contributed by atoms with van der Waals surface area (Å²) in [6.45, 7) is 11.0. The maximum absolute atomic E-state index is 9.03. The van der Waals surface area contributed by atoms with Crippen molar-refractivity contribution < 1.29 is 5.11 Å². The van der Waals surface area contributed by atoms with Gasteiger partial charge in [0.15, 0.2) is 0 Å². The SMILES string of the molecule is CCC(CCO)NC(C)c1sc(C(C)C)nc1C. The number of aromatic nitrogens is 1. The molecule has 18 heavy (non-hydrogen) atoms. The van der Waals surface area contributed by atoms with Crippen LogP contribution >= 0.6 is 11.3 Å². The molecule has 2 atom stereocenters. The van der Waals surface area contributed by atoms with Gasteiger partial charge in [-0.2, -0.15) is 0 Å². The van der Waals surface area contributed by atoms with Crippen LogP contribution in [-0.4, -0.2) is 22.7 Å². The van der Waals surface area contributed by atoms with Crippen molar-refractivity contribution >= 4 is 11.3 Å². The Kier molecular flexibility index (Phi) is 6.26. The van der Waals surface area contributed by atoms with Crippen molar-refractivity contribution in [3.63, 3.8) is 0 Å². The number of hydrogen-bond acceptors (Lipinski definition) is 4. The van der Waals surface area contributed by atoms with E-state index in [1.807, 2.05) is 11.3 Å². The Morgan fingerprint density at radius 1 is 1.33 bits per heavy atom. The Morgan fingerprint density at radius 3 is 2.44 bits per heavy atom. The van der Waals surface area contributed by atoms with Crippen LogP contribution in [0.3, 0.4) is 0 Å². The molecule has 4 heteroatoms. The molecule has 0 aliphatic rings. The number of thiazole rings is 1. The lowest BCUT2D eigenvalue weighted by Crippen LogP contribution is -2.31. The van der Waals surface area contributed by atoms with E-state index in [-0.39, 0.29) is 6.61 Å². The molecule has 0 radical (unpaired) electrons. The Balaban J connectivity index is 2.73. The third-order valence-electron chi connectivity index (χ3n) is 3.19. The number of hydrogen-bond donors (Lipinski definition) is 2. The van der Waals surface area contributed by atoms with Crippen LogP contribution in [0.25, 0.3) is 0 Å². The Hall–Kier alpha value is -0.450. The van der Waals surface area contributed by atoms with E-state index in [2.05, 4.69) is 44.9 Å². The fourth-order valence-corrected chi connectivity index (χ4v) is 3.15. The minimum Gasteiger partial charge on any atom is -0.396 e. The summed E-state index contributed by atoms with van der Waals surface area (Å²) < 4.78 is 0. The minimum atomic E-state index is 0.247. The minimum absolute atomic E-state index is 0.247. The van der Waals surface area contributed by atoms with Crippen LogP contribution in [0, 0.1) is 6.92 Å². The summed E-state index contributed by atoms with van der Waals surface area (Å²) in [6, 6.07) is 0.695. The van der Waals surface area contributed by atoms with Crippen molar-refractivity contribution in [1.29, 1.82) is 0 Å². The van der Waals surface area contributed by atoms with Crippen molar-refractivity contribution in [2.75, 3.05) is 6.61 Å². The maximum atomic E-state index is 9.03. The number of aliphatic hydroxyl groups excluding tert-OH is 1. The summed E-state index contributed by atoms with van der Waals surface area (Å²) in [7, 11) is 0. The van der Waals surface area contributed by atoms with Gasteiger partial charge < -0.3 is 10.4 Å². The van der Waals surface area contributed by atoms with Crippen molar-refractivity contribution in [1.82, 2.24) is 10.3 Å². The monoisotopic (exact) mass is 270 g/mol. The van der Waals surface area contributed by atoms with E-state index in [1.54, 1.807) is 0 Å². The second-order valence-electron chi connectivity index (χ2n) is 5.16. The topological polar surface area (TPSA) is 45.1 Å². The van der Waals surface area contributed by atoms with Gasteiger partial charge in [0.05, 0.1) is 10.7 Å². The zero-order chi connectivity index (χ0) is 13.7. The smallest absolute Gasteiger partial charge is 0.0956 e. The summed E-state index contributed by atoms with van der Waals surface area (Å²) >= 11 is 1.81. The second-order valence-corrected chi connectivity index (χ2v) is 6.22. The van der Waals surface area contributed by atoms with E-state index in [0.717, 1.165) is 18.5 Å². The van der Waals surface area contributed by atoms with Crippen LogP contribution in [0.4, 0.5) is 0 Å². The highest BCUT2D eigenvalue weighted by atomic mass is 32.1. The van der Waals surface area contributed by atoms with Gasteiger partial charge >= 0.3 is 0 Å². The van der Waals surface area contributed by atoms with E-state index in [4.69, 9.17) is 5.11 Å². The van der Waals surface area contributed by atoms with Gasteiger partial charge in [0.25, 0.3) is 0 Å². The molecule has 0 saturated carbocycles. The number of nitrogens with one attached hydrogen (secondary N) is 1. The fourth-order valence-electron chi connectivity index (χ4n) is 2.07. The molecule has 1 aromatic rings. The highest BCUT2D eigenvalue weighted by molar-refractivity contribution is 7.11. The van der Waals surface area contributed by atoms with Crippen LogP contribution in [0.5, 0.6) is 0 Å². The largest absolute Gasteiger partial charge is 0.396 e. The Labute approximate surface area is 115 Å². The van der Waals surface area contributed by atoms with E-state index in [9.17, 15) is 0 Å². The van der Waals surface area contributed by atoms with Crippen LogP contribution in [0.1, 0.15) is 68.1 Å². The molecule has 0 fully saturated rings. The third kappa shape index (κ3) is 4.04. The van der Waals surface area contributed by atoms with Gasteiger partial charge in [0.2, 0.25) is 0 Å². The van der Waals surface area contributed by atoms with Crippen molar-refractivity contribution in [3.05, 3.63) is 15.6 Å². The molecule has 0 aliphatic carbocycles. The first-order valence-electron chi connectivity index (χ1n) is 6.83. The van der Waals surface area contributed by atoms with E-state index in [0.29, 0.717) is 18.0 Å². The first-order valence-corrected chi connectivity index (χ1v) is 7.65. The summed E-state index contributed by atoms with van der Waals surface area (Å²) in [6.07, 6.45) is 1.86. The lowest BCUT2D eigenvalue weighted by molar-refractivity contribution is 0.257. The molecule has 0 spiro atoms. The first-order chi connectivity index (χ1) is 8.49. The maximum Gasteiger partial charge on any atom is 0.0956 e. The fraction of sp³-hybridized carbons (Fsp3) is 0.786. The molecule has 1 rings (SSSR count). The van der Waals surface area contributed by atoms with Crippen LogP contribution in [0.2, 0.25) is 0 Å². The Morgan fingerprint density at radius 2 is 2.00 bits per heavy atom. The van der Waals surface area contributed by atoms with Crippen LogP contribution in [-0.2, 0) is 0 Å². The van der Waals surface area contributed by atoms with Gasteiger partial charge in [-0.1, -0.05) is 20.8 Å². The molecule has 1 heterocycles. The molecule has 0 amide bonds. The summed E-state index contributed by atoms with van der Waals surface area (Å²) in [4.78, 5) is 5.97. The molecule has 1 aromatic heterocycles. The highest BCUT2D eigenvalue weighted by Crippen LogP contribution is 2.29. The third-order valence-corrected chi connectivity index (χ3v) is 4.83. The normalized spacial score (nSPS) is 15.1. The van der Waals surface area contributed by atoms with Gasteiger partial charge in [-0.15, -0.1) is 11.3 Å². The second kappa shape index (κ2) is 7.22. The molecule has 0 aliphatic heterocycles. The van der Waals surface area contributed by atoms with Gasteiger partial charge in [0, 0.05) is 29.5 Å². The molecule has 0 bridgehead atoms. The van der Waals surface area contributed by atoms with E-state index in [1.165, 1.54) is 9.88 Å². The number of aliphatic hydroxyl groups is 1. The predicted octanol–water partition coefficient (Wildman–Crippen LogP) is 3.39. The van der Waals surface area contributed by atoms with E-state index < -0.39 is 0 Å². The molecule has 0 aromatic carbocycles. The molecule has 3 nitrogen and oxygen atoms in total. The van der Waals surface area contributed by atoms with Gasteiger partial charge in [-0.3, -0.25) is 0 Å². The quantitative estimate of drug-likeness (QED) is 0.798. The van der Waals surface area contributed by atoms with Crippen LogP contribution < -0.4 is 5.32 Å². The number of aryl methyl sites for hydroxylation is 1. The van der Waals surface area contributed by atoms with Crippen molar-refractivity contribution in [2.24, 2.45) is 0 Å². The molecular weight excluding hydrogens is 244 g/mol. The van der Waals surface area contributed by atoms with Crippen LogP contribution in [0.15, 0.2) is 0 Å². The number of nitrogens with zero attached hydrogens (tertiary/aromatic N) is 1. The molecule has 0 saturated heterocycles. The summed E-state index contributed by atoms with van der Waals surface area (Å²) in [5, 5.41) is 13.8. The predicted molar refractivity (Wildman–Crippen MR) is 78.3 cm³/mol. The molecule has 2 unspecified atom stereocenters. The van der Waals surface area contributed by atoms with Crippen molar-refractivity contribution in [2.45, 2.75) is 65.5 Å². The number of rotatable bonds is 7.